The van der Waals surface area contributed by atoms with Crippen LogP contribution in [-0.4, -0.2) is 46.6 Å². The van der Waals surface area contributed by atoms with Crippen LogP contribution in [0, 0.1) is 6.92 Å². The van der Waals surface area contributed by atoms with Gasteiger partial charge in [0.05, 0.1) is 16.4 Å². The molecule has 0 bridgehead atoms. The molecule has 110 valence electrons. The molecule has 0 radical (unpaired) electrons. The van der Waals surface area contributed by atoms with E-state index in [2.05, 4.69) is 14.5 Å². The van der Waals surface area contributed by atoms with Crippen molar-refractivity contribution in [2.75, 3.05) is 31.1 Å². The summed E-state index contributed by atoms with van der Waals surface area (Å²) in [6.07, 6.45) is 0. The monoisotopic (exact) mass is 322 g/mol. The van der Waals surface area contributed by atoms with Gasteiger partial charge in [0, 0.05) is 26.2 Å². The van der Waals surface area contributed by atoms with E-state index < -0.39 is 0 Å². The molecule has 0 atom stereocenters. The Morgan fingerprint density at radius 2 is 1.95 bits per heavy atom. The molecule has 3 rings (SSSR count). The molecule has 1 aromatic carbocycles. The lowest BCUT2D eigenvalue weighted by Gasteiger charge is -2.36. The van der Waals surface area contributed by atoms with Crippen LogP contribution in [0.1, 0.15) is 15.4 Å². The van der Waals surface area contributed by atoms with Crippen molar-refractivity contribution in [2.45, 2.75) is 6.92 Å². The first kappa shape index (κ1) is 14.3. The number of anilines is 1. The maximum Gasteiger partial charge on any atom is 0.267 e. The summed E-state index contributed by atoms with van der Waals surface area (Å²) in [4.78, 5) is 17.1. The van der Waals surface area contributed by atoms with Crippen LogP contribution in [0.2, 0.25) is 5.02 Å². The number of aromatic nitrogens is 2. The van der Waals surface area contributed by atoms with Crippen molar-refractivity contribution in [2.24, 2.45) is 0 Å². The predicted octanol–water partition coefficient (Wildman–Crippen LogP) is 2.46. The van der Waals surface area contributed by atoms with Crippen LogP contribution in [0.15, 0.2) is 24.3 Å². The molecule has 1 aromatic heterocycles. The lowest BCUT2D eigenvalue weighted by atomic mass is 10.2. The Bertz CT molecular complexity index is 652. The summed E-state index contributed by atoms with van der Waals surface area (Å²) in [6, 6.07) is 7.80. The Kier molecular flexibility index (Phi) is 4.07. The average molecular weight is 323 g/mol. The normalized spacial score (nSPS) is 15.3. The molecule has 7 heteroatoms. The van der Waals surface area contributed by atoms with Gasteiger partial charge >= 0.3 is 0 Å². The number of para-hydroxylation sites is 1. The molecule has 21 heavy (non-hydrogen) atoms. The number of hydrogen-bond acceptors (Lipinski definition) is 5. The van der Waals surface area contributed by atoms with E-state index in [-0.39, 0.29) is 5.91 Å². The SMILES string of the molecule is Cc1nnsc1C(=O)N1CCN(c2ccccc2Cl)CC1. The van der Waals surface area contributed by atoms with Gasteiger partial charge in [-0.15, -0.1) is 5.10 Å². The van der Waals surface area contributed by atoms with Crippen LogP contribution >= 0.6 is 23.1 Å². The van der Waals surface area contributed by atoms with Crippen LogP contribution in [0.25, 0.3) is 0 Å². The van der Waals surface area contributed by atoms with Crippen molar-refractivity contribution in [3.63, 3.8) is 0 Å². The molecule has 1 aliphatic rings. The summed E-state index contributed by atoms with van der Waals surface area (Å²) in [7, 11) is 0. The fourth-order valence-corrected chi connectivity index (χ4v) is 3.31. The van der Waals surface area contributed by atoms with Crippen molar-refractivity contribution in [1.29, 1.82) is 0 Å². The summed E-state index contributed by atoms with van der Waals surface area (Å²) >= 11 is 7.39. The molecule has 0 saturated carbocycles. The summed E-state index contributed by atoms with van der Waals surface area (Å²) in [6.45, 7) is 4.74. The first-order chi connectivity index (χ1) is 10.2. The number of carbonyl (C=O) groups is 1. The molecule has 1 saturated heterocycles. The van der Waals surface area contributed by atoms with Crippen molar-refractivity contribution < 1.29 is 4.79 Å². The molecular formula is C14H15ClN4OS. The molecule has 2 aromatic rings. The van der Waals surface area contributed by atoms with Crippen LogP contribution in [0.5, 0.6) is 0 Å². The quantitative estimate of drug-likeness (QED) is 0.852. The van der Waals surface area contributed by atoms with Gasteiger partial charge in [0.25, 0.3) is 5.91 Å². The Hall–Kier alpha value is -1.66. The van der Waals surface area contributed by atoms with E-state index in [1.807, 2.05) is 36.1 Å². The van der Waals surface area contributed by atoms with Crippen LogP contribution in [-0.2, 0) is 0 Å². The zero-order chi connectivity index (χ0) is 14.8. The van der Waals surface area contributed by atoms with E-state index >= 15 is 0 Å². The molecule has 1 amide bonds. The molecule has 1 aliphatic heterocycles. The Labute approximate surface area is 132 Å². The molecule has 1 fully saturated rings. The highest BCUT2D eigenvalue weighted by atomic mass is 35.5. The number of piperazine rings is 1. The van der Waals surface area contributed by atoms with E-state index in [0.29, 0.717) is 23.7 Å². The summed E-state index contributed by atoms with van der Waals surface area (Å²) in [5, 5.41) is 4.65. The second kappa shape index (κ2) is 5.99. The molecule has 2 heterocycles. The lowest BCUT2D eigenvalue weighted by molar-refractivity contribution is 0.0750. The second-order valence-corrected chi connectivity index (χ2v) is 6.08. The molecule has 5 nitrogen and oxygen atoms in total. The third-order valence-corrected chi connectivity index (χ3v) is 4.74. The Morgan fingerprint density at radius 1 is 1.24 bits per heavy atom. The Morgan fingerprint density at radius 3 is 2.57 bits per heavy atom. The minimum Gasteiger partial charge on any atom is -0.367 e. The smallest absolute Gasteiger partial charge is 0.267 e. The van der Waals surface area contributed by atoms with E-state index in [1.165, 1.54) is 0 Å². The highest BCUT2D eigenvalue weighted by Gasteiger charge is 2.25. The third-order valence-electron chi connectivity index (χ3n) is 3.61. The summed E-state index contributed by atoms with van der Waals surface area (Å²) < 4.78 is 3.83. The number of halogens is 1. The first-order valence-electron chi connectivity index (χ1n) is 6.74. The topological polar surface area (TPSA) is 49.3 Å². The molecule has 0 aliphatic carbocycles. The molecule has 0 unspecified atom stereocenters. The van der Waals surface area contributed by atoms with E-state index in [0.717, 1.165) is 35.3 Å². The lowest BCUT2D eigenvalue weighted by Crippen LogP contribution is -2.48. The van der Waals surface area contributed by atoms with Crippen molar-refractivity contribution in [3.8, 4) is 0 Å². The van der Waals surface area contributed by atoms with Crippen molar-refractivity contribution in [3.05, 3.63) is 39.9 Å². The zero-order valence-corrected chi connectivity index (χ0v) is 13.2. The first-order valence-corrected chi connectivity index (χ1v) is 7.89. The van der Waals surface area contributed by atoms with Gasteiger partial charge in [-0.1, -0.05) is 28.2 Å². The largest absolute Gasteiger partial charge is 0.367 e. The van der Waals surface area contributed by atoms with Crippen LogP contribution in [0.4, 0.5) is 5.69 Å². The van der Waals surface area contributed by atoms with Crippen LogP contribution in [0.3, 0.4) is 0 Å². The minimum atomic E-state index is 0.0290. The van der Waals surface area contributed by atoms with Crippen molar-refractivity contribution in [1.82, 2.24) is 14.5 Å². The van der Waals surface area contributed by atoms with Gasteiger partial charge in [0.2, 0.25) is 0 Å². The third kappa shape index (κ3) is 2.87. The van der Waals surface area contributed by atoms with E-state index in [9.17, 15) is 4.79 Å². The summed E-state index contributed by atoms with van der Waals surface area (Å²) in [5.41, 5.74) is 1.74. The fraction of sp³-hybridized carbons (Fsp3) is 0.357. The van der Waals surface area contributed by atoms with Gasteiger partial charge in [-0.05, 0) is 30.6 Å². The van der Waals surface area contributed by atoms with Crippen molar-refractivity contribution >= 4 is 34.7 Å². The number of aryl methyl sites for hydroxylation is 1. The van der Waals surface area contributed by atoms with Gasteiger partial charge in [-0.3, -0.25) is 4.79 Å². The van der Waals surface area contributed by atoms with Gasteiger partial charge in [0.15, 0.2) is 0 Å². The number of amides is 1. The summed E-state index contributed by atoms with van der Waals surface area (Å²) in [5.74, 6) is 0.0290. The highest BCUT2D eigenvalue weighted by Crippen LogP contribution is 2.26. The van der Waals surface area contributed by atoms with E-state index in [4.69, 9.17) is 11.6 Å². The maximum absolute atomic E-state index is 12.4. The average Bonchev–Trinajstić information content (AvgIpc) is 2.93. The number of rotatable bonds is 2. The number of hydrogen-bond donors (Lipinski definition) is 0. The highest BCUT2D eigenvalue weighted by molar-refractivity contribution is 7.07. The van der Waals surface area contributed by atoms with Gasteiger partial charge in [-0.2, -0.15) is 0 Å². The van der Waals surface area contributed by atoms with E-state index in [1.54, 1.807) is 0 Å². The number of carbonyl (C=O) groups excluding carboxylic acids is 1. The van der Waals surface area contributed by atoms with Gasteiger partial charge in [-0.25, -0.2) is 0 Å². The van der Waals surface area contributed by atoms with Gasteiger partial charge in [0.1, 0.15) is 4.88 Å². The molecule has 0 N–H and O–H groups in total. The second-order valence-electron chi connectivity index (χ2n) is 4.92. The Balaban J connectivity index is 1.67. The zero-order valence-electron chi connectivity index (χ0n) is 11.6. The molecular weight excluding hydrogens is 308 g/mol. The maximum atomic E-state index is 12.4. The van der Waals surface area contributed by atoms with Gasteiger partial charge < -0.3 is 9.80 Å². The number of nitrogens with zero attached hydrogens (tertiary/aromatic N) is 4. The molecule has 0 spiro atoms. The standard InChI is InChI=1S/C14H15ClN4OS/c1-10-13(21-17-16-10)14(20)19-8-6-18(7-9-19)12-5-3-2-4-11(12)15/h2-5H,6-9H2,1H3. The fourth-order valence-electron chi connectivity index (χ4n) is 2.43. The predicted molar refractivity (Wildman–Crippen MR) is 84.2 cm³/mol. The number of benzene rings is 1. The minimum absolute atomic E-state index is 0.0290. The van der Waals surface area contributed by atoms with Crippen LogP contribution < -0.4 is 4.90 Å².